The van der Waals surface area contributed by atoms with Crippen molar-refractivity contribution in [3.05, 3.63) is 53.8 Å². The first kappa shape index (κ1) is 21.1. The van der Waals surface area contributed by atoms with Crippen molar-refractivity contribution in [2.75, 3.05) is 0 Å². The fourth-order valence-corrected chi connectivity index (χ4v) is 7.02. The molecule has 28 heavy (non-hydrogen) atoms. The summed E-state index contributed by atoms with van der Waals surface area (Å²) < 4.78 is 0. The van der Waals surface area contributed by atoms with Gasteiger partial charge in [0, 0.05) is 21.8 Å². The van der Waals surface area contributed by atoms with E-state index in [0.29, 0.717) is 0 Å². The van der Waals surface area contributed by atoms with E-state index in [4.69, 9.17) is 4.98 Å². The van der Waals surface area contributed by atoms with Gasteiger partial charge >= 0.3 is 0 Å². The van der Waals surface area contributed by atoms with E-state index < -0.39 is 7.53 Å². The molecule has 3 aromatic rings. The Morgan fingerprint density at radius 2 is 1.93 bits per heavy atom. The Hall–Kier alpha value is -1.63. The van der Waals surface area contributed by atoms with Gasteiger partial charge in [0.05, 0.1) is 15.0 Å². The smallest absolute Gasteiger partial charge is 0.0826 e. The number of allylic oxidation sites excluding steroid dienone is 4. The molecule has 0 saturated carbocycles. The average molecular weight is 406 g/mol. The molecule has 0 saturated heterocycles. The predicted octanol–water partition coefficient (Wildman–Crippen LogP) is 7.35. The number of benzene rings is 1. The Morgan fingerprint density at radius 1 is 1.21 bits per heavy atom. The van der Waals surface area contributed by atoms with Crippen molar-refractivity contribution >= 4 is 49.0 Å². The second kappa shape index (κ2) is 8.39. The lowest BCUT2D eigenvalue weighted by molar-refractivity contribution is 0.443. The molecular formula is C25H32NPSi. The molecule has 0 spiro atoms. The van der Waals surface area contributed by atoms with Crippen molar-refractivity contribution in [2.45, 2.75) is 59.4 Å². The summed E-state index contributed by atoms with van der Waals surface area (Å²) in [6.45, 7) is 16.0. The molecule has 3 rings (SSSR count). The zero-order valence-electron chi connectivity index (χ0n) is 18.4. The van der Waals surface area contributed by atoms with E-state index in [1.165, 1.54) is 43.0 Å². The van der Waals surface area contributed by atoms with Crippen LogP contribution in [0.4, 0.5) is 0 Å². The SMILES string of the molecule is CC=CC(=CC)c1ccc(C(C)(CC)CC)c2c3ncc([Si]C)cc3p(C)c12. The first-order chi connectivity index (χ1) is 13.4. The summed E-state index contributed by atoms with van der Waals surface area (Å²) in [7, 11) is 0.400. The van der Waals surface area contributed by atoms with Crippen LogP contribution < -0.4 is 5.19 Å². The van der Waals surface area contributed by atoms with Crippen LogP contribution in [0.15, 0.2) is 42.6 Å². The van der Waals surface area contributed by atoms with Gasteiger partial charge in [0.15, 0.2) is 0 Å². The highest BCUT2D eigenvalue weighted by Gasteiger charge is 2.28. The van der Waals surface area contributed by atoms with Gasteiger partial charge < -0.3 is 0 Å². The van der Waals surface area contributed by atoms with E-state index in [2.05, 4.69) is 90.5 Å². The zero-order valence-corrected chi connectivity index (χ0v) is 20.2. The third-order valence-electron chi connectivity index (χ3n) is 6.45. The molecule has 0 fully saturated rings. The minimum atomic E-state index is -0.394. The van der Waals surface area contributed by atoms with Gasteiger partial charge in [-0.3, -0.25) is 4.98 Å². The van der Waals surface area contributed by atoms with Gasteiger partial charge in [-0.05, 0) is 66.7 Å². The number of hydrogen-bond donors (Lipinski definition) is 0. The lowest BCUT2D eigenvalue weighted by atomic mass is 9.76. The number of aromatic nitrogens is 1. The van der Waals surface area contributed by atoms with Crippen LogP contribution in [-0.2, 0) is 12.1 Å². The molecule has 3 heteroatoms. The molecule has 1 atom stereocenters. The van der Waals surface area contributed by atoms with Crippen LogP contribution in [0, 0.1) is 0 Å². The van der Waals surface area contributed by atoms with E-state index in [-0.39, 0.29) is 5.41 Å². The van der Waals surface area contributed by atoms with Crippen molar-refractivity contribution in [3.63, 3.8) is 0 Å². The maximum Gasteiger partial charge on any atom is 0.0826 e. The van der Waals surface area contributed by atoms with Crippen molar-refractivity contribution < 1.29 is 0 Å². The van der Waals surface area contributed by atoms with Crippen LogP contribution in [0.2, 0.25) is 6.55 Å². The first-order valence-corrected chi connectivity index (χ1v) is 13.6. The number of rotatable bonds is 6. The summed E-state index contributed by atoms with van der Waals surface area (Å²) in [4.78, 5) is 5.02. The Labute approximate surface area is 173 Å². The van der Waals surface area contributed by atoms with Gasteiger partial charge in [-0.1, -0.05) is 57.7 Å². The predicted molar refractivity (Wildman–Crippen MR) is 131 cm³/mol. The van der Waals surface area contributed by atoms with Crippen molar-refractivity contribution in [3.8, 4) is 0 Å². The Bertz CT molecular complexity index is 1070. The van der Waals surface area contributed by atoms with Crippen LogP contribution >= 0.6 is 7.53 Å². The highest BCUT2D eigenvalue weighted by molar-refractivity contribution is 7.59. The molecule has 0 aliphatic carbocycles. The lowest BCUT2D eigenvalue weighted by Gasteiger charge is -2.29. The molecule has 2 aromatic heterocycles. The van der Waals surface area contributed by atoms with Gasteiger partial charge in [0.2, 0.25) is 0 Å². The van der Waals surface area contributed by atoms with E-state index >= 15 is 0 Å². The minimum absolute atomic E-state index is 0.184. The number of nitrogens with zero attached hydrogens (tertiary/aromatic N) is 1. The quantitative estimate of drug-likeness (QED) is 0.309. The summed E-state index contributed by atoms with van der Waals surface area (Å²) in [5.41, 5.74) is 5.62. The van der Waals surface area contributed by atoms with Gasteiger partial charge in [0.25, 0.3) is 0 Å². The highest BCUT2D eigenvalue weighted by atomic mass is 31.1. The maximum atomic E-state index is 5.02. The monoisotopic (exact) mass is 405 g/mol. The third kappa shape index (κ3) is 3.31. The summed E-state index contributed by atoms with van der Waals surface area (Å²) in [6, 6.07) is 7.20. The van der Waals surface area contributed by atoms with Crippen LogP contribution in [0.25, 0.3) is 26.7 Å². The molecule has 146 valence electrons. The van der Waals surface area contributed by atoms with E-state index in [1.54, 1.807) is 0 Å². The Kier molecular flexibility index (Phi) is 6.32. The lowest BCUT2D eigenvalue weighted by Crippen LogP contribution is -2.20. The van der Waals surface area contributed by atoms with Gasteiger partial charge in [-0.15, -0.1) is 7.53 Å². The molecule has 0 bridgehead atoms. The summed E-state index contributed by atoms with van der Waals surface area (Å²) >= 11 is 0. The number of aryl methyl sites for hydroxylation is 1. The molecule has 0 aliphatic rings. The van der Waals surface area contributed by atoms with Crippen molar-refractivity contribution in [2.24, 2.45) is 6.66 Å². The molecule has 0 aliphatic heterocycles. The second-order valence-corrected chi connectivity index (χ2v) is 10.9. The maximum absolute atomic E-state index is 5.02. The summed E-state index contributed by atoms with van der Waals surface area (Å²) in [5, 5.41) is 5.81. The molecule has 1 aromatic carbocycles. The molecule has 2 heterocycles. The molecule has 2 radical (unpaired) electrons. The van der Waals surface area contributed by atoms with Crippen LogP contribution in [-0.4, -0.2) is 14.5 Å². The van der Waals surface area contributed by atoms with Crippen molar-refractivity contribution in [1.82, 2.24) is 4.98 Å². The third-order valence-corrected chi connectivity index (χ3v) is 9.50. The molecular weight excluding hydrogens is 373 g/mol. The van der Waals surface area contributed by atoms with E-state index in [0.717, 1.165) is 22.4 Å². The molecule has 0 N–H and O–H groups in total. The van der Waals surface area contributed by atoms with Gasteiger partial charge in [-0.25, -0.2) is 0 Å². The Morgan fingerprint density at radius 3 is 2.50 bits per heavy atom. The van der Waals surface area contributed by atoms with Gasteiger partial charge in [0.1, 0.15) is 0 Å². The summed E-state index contributed by atoms with van der Waals surface area (Å²) in [5.74, 6) is 0. The number of fused-ring (bicyclic) bond motifs is 3. The second-order valence-electron chi connectivity index (χ2n) is 7.80. The largest absolute Gasteiger partial charge is 0.255 e. The van der Waals surface area contributed by atoms with Crippen LogP contribution in [0.5, 0.6) is 0 Å². The molecule has 1 unspecified atom stereocenters. The number of pyridine rings is 1. The minimum Gasteiger partial charge on any atom is -0.255 e. The fraction of sp³-hybridized carbons (Fsp3) is 0.400. The molecule has 1 nitrogen and oxygen atoms in total. The highest BCUT2D eigenvalue weighted by Crippen LogP contribution is 2.52. The van der Waals surface area contributed by atoms with Crippen molar-refractivity contribution in [1.29, 1.82) is 0 Å². The van der Waals surface area contributed by atoms with Crippen LogP contribution in [0.1, 0.15) is 58.6 Å². The fourth-order valence-electron chi connectivity index (χ4n) is 4.23. The normalized spacial score (nSPS) is 14.0. The molecule has 0 amide bonds. The van der Waals surface area contributed by atoms with E-state index in [1.807, 2.05) is 0 Å². The van der Waals surface area contributed by atoms with Gasteiger partial charge in [-0.2, -0.15) is 0 Å². The Balaban J connectivity index is 2.54. The topological polar surface area (TPSA) is 12.9 Å². The van der Waals surface area contributed by atoms with Crippen LogP contribution in [0.3, 0.4) is 0 Å². The number of hydrogen-bond acceptors (Lipinski definition) is 1. The van der Waals surface area contributed by atoms with E-state index in [9.17, 15) is 0 Å². The standard InChI is InChI=1S/C25H32NPSi/c1-8-12-17(9-2)19-13-14-20(25(5,10-3)11-4)22-23-21(27(6)24(19)22)15-18(28-7)16-26-23/h8-9,12-16H,10-11H2,1-7H3. The first-order valence-electron chi connectivity index (χ1n) is 10.3. The average Bonchev–Trinajstić information content (AvgIpc) is 3.03. The zero-order chi connectivity index (χ0) is 20.5. The summed E-state index contributed by atoms with van der Waals surface area (Å²) in [6.07, 6.45) is 11.0.